The van der Waals surface area contributed by atoms with Gasteiger partial charge in [-0.1, -0.05) is 41.6 Å². The molecule has 8 heteroatoms. The molecule has 2 aromatic carbocycles. The maximum absolute atomic E-state index is 12.5. The lowest BCUT2D eigenvalue weighted by Gasteiger charge is -2.19. The van der Waals surface area contributed by atoms with Gasteiger partial charge in [0.25, 0.3) is 0 Å². The number of ether oxygens (including phenoxy) is 2. The Morgan fingerprint density at radius 3 is 2.68 bits per heavy atom. The summed E-state index contributed by atoms with van der Waals surface area (Å²) in [5, 5.41) is 10.2. The van der Waals surface area contributed by atoms with E-state index in [1.54, 1.807) is 18.2 Å². The van der Waals surface area contributed by atoms with Crippen LogP contribution in [0.2, 0.25) is 0 Å². The molecule has 1 amide bonds. The van der Waals surface area contributed by atoms with Crippen LogP contribution in [0.15, 0.2) is 47.6 Å². The number of anilines is 1. The van der Waals surface area contributed by atoms with Gasteiger partial charge in [-0.2, -0.15) is 0 Å². The van der Waals surface area contributed by atoms with Crippen LogP contribution in [0.25, 0.3) is 11.4 Å². The molecular weight excluding hydrogens is 376 g/mol. The topological polar surface area (TPSA) is 89.1 Å². The second kappa shape index (κ2) is 7.93. The summed E-state index contributed by atoms with van der Waals surface area (Å²) in [4.78, 5) is 17.0. The molecule has 1 aromatic heterocycles. The predicted molar refractivity (Wildman–Crippen MR) is 108 cm³/mol. The van der Waals surface area contributed by atoms with Crippen LogP contribution in [0.1, 0.15) is 12.5 Å². The number of benzene rings is 2. The van der Waals surface area contributed by atoms with E-state index in [9.17, 15) is 4.79 Å². The second-order valence-electron chi connectivity index (χ2n) is 6.44. The van der Waals surface area contributed by atoms with Crippen molar-refractivity contribution >= 4 is 23.4 Å². The highest BCUT2D eigenvalue weighted by atomic mass is 32.2. The number of carbonyl (C=O) groups excluding carboxylic acids is 1. The van der Waals surface area contributed by atoms with Crippen molar-refractivity contribution in [2.45, 2.75) is 24.3 Å². The minimum Gasteiger partial charge on any atom is -0.486 e. The monoisotopic (exact) mass is 396 g/mol. The third-order valence-corrected chi connectivity index (χ3v) is 5.21. The van der Waals surface area contributed by atoms with E-state index < -0.39 is 0 Å². The second-order valence-corrected chi connectivity index (χ2v) is 7.75. The number of hydrogen-bond acceptors (Lipinski definition) is 6. The molecule has 4 rings (SSSR count). The van der Waals surface area contributed by atoms with Crippen LogP contribution in [-0.4, -0.2) is 39.6 Å². The largest absolute Gasteiger partial charge is 0.486 e. The lowest BCUT2D eigenvalue weighted by molar-refractivity contribution is -0.115. The fourth-order valence-electron chi connectivity index (χ4n) is 2.72. The summed E-state index contributed by atoms with van der Waals surface area (Å²) in [6.45, 7) is 4.89. The van der Waals surface area contributed by atoms with Crippen LogP contribution >= 0.6 is 11.8 Å². The summed E-state index contributed by atoms with van der Waals surface area (Å²) in [6.07, 6.45) is 0. The summed E-state index contributed by atoms with van der Waals surface area (Å²) in [5.74, 6) is 1.88. The average molecular weight is 396 g/mol. The molecule has 1 aliphatic rings. The van der Waals surface area contributed by atoms with Crippen LogP contribution in [0.3, 0.4) is 0 Å². The smallest absolute Gasteiger partial charge is 0.237 e. The summed E-state index contributed by atoms with van der Waals surface area (Å²) < 4.78 is 11.0. The molecule has 0 saturated heterocycles. The van der Waals surface area contributed by atoms with E-state index in [1.807, 2.05) is 38.1 Å². The molecule has 0 saturated carbocycles. The van der Waals surface area contributed by atoms with Gasteiger partial charge in [0.2, 0.25) is 11.1 Å². The average Bonchev–Trinajstić information content (AvgIpc) is 3.17. The first kappa shape index (κ1) is 18.4. The van der Waals surface area contributed by atoms with Crippen LogP contribution in [0, 0.1) is 6.92 Å². The van der Waals surface area contributed by atoms with Crippen molar-refractivity contribution in [1.82, 2.24) is 15.2 Å². The van der Waals surface area contributed by atoms with Crippen molar-refractivity contribution in [3.8, 4) is 22.9 Å². The lowest BCUT2D eigenvalue weighted by Crippen LogP contribution is -2.23. The number of nitrogens with zero attached hydrogens (tertiary/aromatic N) is 2. The minimum absolute atomic E-state index is 0.136. The van der Waals surface area contributed by atoms with E-state index in [2.05, 4.69) is 20.5 Å². The zero-order valence-electron chi connectivity index (χ0n) is 15.6. The van der Waals surface area contributed by atoms with Gasteiger partial charge in [-0.25, -0.2) is 4.98 Å². The molecule has 0 radical (unpaired) electrons. The quantitative estimate of drug-likeness (QED) is 0.640. The predicted octanol–water partition coefficient (Wildman–Crippen LogP) is 3.67. The van der Waals surface area contributed by atoms with Crippen LogP contribution in [0.4, 0.5) is 5.69 Å². The highest BCUT2D eigenvalue weighted by Gasteiger charge is 2.19. The number of hydrogen-bond donors (Lipinski definition) is 2. The number of thioether (sulfide) groups is 1. The van der Waals surface area contributed by atoms with E-state index in [1.165, 1.54) is 17.3 Å². The Bertz CT molecular complexity index is 987. The maximum Gasteiger partial charge on any atom is 0.237 e. The molecule has 0 spiro atoms. The molecule has 0 bridgehead atoms. The third kappa shape index (κ3) is 4.12. The van der Waals surface area contributed by atoms with Gasteiger partial charge >= 0.3 is 0 Å². The normalized spacial score (nSPS) is 13.8. The number of aromatic amines is 1. The molecule has 0 fully saturated rings. The number of H-pyrrole nitrogens is 1. The Balaban J connectivity index is 1.39. The van der Waals surface area contributed by atoms with Crippen LogP contribution in [0.5, 0.6) is 11.5 Å². The van der Waals surface area contributed by atoms with Gasteiger partial charge in [0.1, 0.15) is 13.2 Å². The van der Waals surface area contributed by atoms with Crippen molar-refractivity contribution in [1.29, 1.82) is 0 Å². The number of rotatable bonds is 5. The van der Waals surface area contributed by atoms with Crippen molar-refractivity contribution in [2.75, 3.05) is 18.5 Å². The summed E-state index contributed by atoms with van der Waals surface area (Å²) in [5.41, 5.74) is 2.80. The number of fused-ring (bicyclic) bond motifs is 1. The number of nitrogens with one attached hydrogen (secondary N) is 2. The minimum atomic E-state index is -0.366. The maximum atomic E-state index is 12.5. The molecular formula is C20H20N4O3S. The Morgan fingerprint density at radius 1 is 1.14 bits per heavy atom. The summed E-state index contributed by atoms with van der Waals surface area (Å²) in [6, 6.07) is 13.4. The Hall–Kier alpha value is -3.00. The highest BCUT2D eigenvalue weighted by molar-refractivity contribution is 8.00. The first-order chi connectivity index (χ1) is 13.6. The Kier molecular flexibility index (Phi) is 5.21. The van der Waals surface area contributed by atoms with Crippen molar-refractivity contribution in [3.05, 3.63) is 48.0 Å². The van der Waals surface area contributed by atoms with Crippen LogP contribution < -0.4 is 14.8 Å². The van der Waals surface area contributed by atoms with Gasteiger partial charge in [0.15, 0.2) is 17.3 Å². The molecule has 144 valence electrons. The van der Waals surface area contributed by atoms with Crippen molar-refractivity contribution in [3.63, 3.8) is 0 Å². The Morgan fingerprint density at radius 2 is 1.89 bits per heavy atom. The standard InChI is InChI=1S/C20H20N4O3S/c1-12-3-5-14(6-4-12)18-22-20(24-23-18)28-13(2)19(25)21-15-7-8-16-17(11-15)27-10-9-26-16/h3-8,11,13H,9-10H2,1-2H3,(H,21,25)(H,22,23,24)/t13-/m0/s1. The molecule has 1 aliphatic heterocycles. The SMILES string of the molecule is Cc1ccc(-c2nc(S[C@@H](C)C(=O)Nc3ccc4c(c3)OCCO4)n[nH]2)cc1. The number of aryl methyl sites for hydroxylation is 1. The molecule has 28 heavy (non-hydrogen) atoms. The molecule has 2 N–H and O–H groups in total. The fourth-order valence-corrected chi connectivity index (χ4v) is 3.44. The van der Waals surface area contributed by atoms with Gasteiger partial charge in [-0.05, 0) is 26.0 Å². The van der Waals surface area contributed by atoms with E-state index in [-0.39, 0.29) is 11.2 Å². The molecule has 0 unspecified atom stereocenters. The van der Waals surface area contributed by atoms with Gasteiger partial charge in [0.05, 0.1) is 5.25 Å². The molecule has 1 atom stereocenters. The fraction of sp³-hybridized carbons (Fsp3) is 0.250. The number of aromatic nitrogens is 3. The third-order valence-electron chi connectivity index (χ3n) is 4.25. The van der Waals surface area contributed by atoms with Gasteiger partial charge in [-0.3, -0.25) is 9.89 Å². The van der Waals surface area contributed by atoms with Crippen LogP contribution in [-0.2, 0) is 4.79 Å². The summed E-state index contributed by atoms with van der Waals surface area (Å²) >= 11 is 1.30. The number of carbonyl (C=O) groups is 1. The lowest BCUT2D eigenvalue weighted by atomic mass is 10.1. The van der Waals surface area contributed by atoms with E-state index >= 15 is 0 Å². The van der Waals surface area contributed by atoms with Crippen molar-refractivity contribution < 1.29 is 14.3 Å². The molecule has 2 heterocycles. The first-order valence-corrected chi connectivity index (χ1v) is 9.83. The highest BCUT2D eigenvalue weighted by Crippen LogP contribution is 2.33. The zero-order chi connectivity index (χ0) is 19.5. The molecule has 3 aromatic rings. The van der Waals surface area contributed by atoms with E-state index in [4.69, 9.17) is 9.47 Å². The van der Waals surface area contributed by atoms with Crippen molar-refractivity contribution in [2.24, 2.45) is 0 Å². The summed E-state index contributed by atoms with van der Waals surface area (Å²) in [7, 11) is 0. The van der Waals surface area contributed by atoms with E-state index in [0.717, 1.165) is 5.56 Å². The Labute approximate surface area is 166 Å². The van der Waals surface area contributed by atoms with Gasteiger partial charge in [-0.15, -0.1) is 5.10 Å². The first-order valence-electron chi connectivity index (χ1n) is 8.95. The molecule has 0 aliphatic carbocycles. The zero-order valence-corrected chi connectivity index (χ0v) is 16.4. The molecule has 7 nitrogen and oxygen atoms in total. The van der Waals surface area contributed by atoms with Gasteiger partial charge < -0.3 is 14.8 Å². The van der Waals surface area contributed by atoms with Gasteiger partial charge in [0, 0.05) is 17.3 Å². The number of amides is 1. The van der Waals surface area contributed by atoms with E-state index in [0.29, 0.717) is 41.4 Å².